The van der Waals surface area contributed by atoms with E-state index in [4.69, 9.17) is 9.84 Å². The van der Waals surface area contributed by atoms with Crippen molar-refractivity contribution < 1.29 is 19.4 Å². The molecule has 2 unspecified atom stereocenters. The van der Waals surface area contributed by atoms with Gasteiger partial charge in [0.05, 0.1) is 19.6 Å². The van der Waals surface area contributed by atoms with Gasteiger partial charge in [-0.15, -0.1) is 0 Å². The molecule has 2 atom stereocenters. The number of aliphatic hydroxyl groups is 1. The zero-order valence-electron chi connectivity index (χ0n) is 11.9. The molecule has 1 aliphatic heterocycles. The zero-order chi connectivity index (χ0) is 14.4. The molecule has 1 amide bonds. The molecule has 1 rings (SSSR count). The molecule has 1 fully saturated rings. The minimum atomic E-state index is -0.294. The molecule has 1 heterocycles. The van der Waals surface area contributed by atoms with Crippen LogP contribution in [0.15, 0.2) is 0 Å². The lowest BCUT2D eigenvalue weighted by atomic mass is 9.93. The molecule has 0 aromatic rings. The molecule has 0 aliphatic carbocycles. The Labute approximate surface area is 114 Å². The molecule has 0 radical (unpaired) electrons. The summed E-state index contributed by atoms with van der Waals surface area (Å²) < 4.78 is 4.78. The summed E-state index contributed by atoms with van der Waals surface area (Å²) in [5.74, 6) is -0.617. The van der Waals surface area contributed by atoms with E-state index in [0.29, 0.717) is 26.1 Å². The van der Waals surface area contributed by atoms with Gasteiger partial charge >= 0.3 is 5.97 Å². The molecule has 1 aliphatic rings. The maximum Gasteiger partial charge on any atom is 0.310 e. The lowest BCUT2D eigenvalue weighted by Crippen LogP contribution is -2.54. The van der Waals surface area contributed by atoms with Crippen LogP contribution in [0.25, 0.3) is 0 Å². The monoisotopic (exact) mass is 272 g/mol. The van der Waals surface area contributed by atoms with Crippen molar-refractivity contribution in [2.45, 2.75) is 26.3 Å². The van der Waals surface area contributed by atoms with Crippen molar-refractivity contribution in [2.24, 2.45) is 11.8 Å². The minimum absolute atomic E-state index is 0.0210. The lowest BCUT2D eigenvalue weighted by molar-refractivity contribution is -0.150. The van der Waals surface area contributed by atoms with E-state index in [0.717, 1.165) is 0 Å². The largest absolute Gasteiger partial charge is 0.469 e. The average Bonchev–Trinajstić information content (AvgIpc) is 2.42. The van der Waals surface area contributed by atoms with Crippen LogP contribution in [0, 0.1) is 11.8 Å². The van der Waals surface area contributed by atoms with Gasteiger partial charge in [0.15, 0.2) is 0 Å². The predicted octanol–water partition coefficient (Wildman–Crippen LogP) is -0.386. The number of amides is 1. The molecule has 0 aromatic carbocycles. The highest BCUT2D eigenvalue weighted by molar-refractivity contribution is 5.80. The molecule has 6 nitrogen and oxygen atoms in total. The van der Waals surface area contributed by atoms with Crippen LogP contribution in [-0.2, 0) is 14.3 Å². The highest BCUT2D eigenvalue weighted by atomic mass is 16.5. The molecule has 0 aromatic heterocycles. The average molecular weight is 272 g/mol. The molecular formula is C13H24N2O4. The highest BCUT2D eigenvalue weighted by Gasteiger charge is 2.34. The summed E-state index contributed by atoms with van der Waals surface area (Å²) in [6.45, 7) is 5.19. The molecule has 0 bridgehead atoms. The number of nitrogens with zero attached hydrogens (tertiary/aromatic N) is 1. The number of esters is 1. The molecule has 1 saturated heterocycles. The van der Waals surface area contributed by atoms with Crippen molar-refractivity contribution in [1.29, 1.82) is 0 Å². The van der Waals surface area contributed by atoms with Gasteiger partial charge in [0.25, 0.3) is 0 Å². The molecular weight excluding hydrogens is 248 g/mol. The Morgan fingerprint density at radius 3 is 2.63 bits per heavy atom. The van der Waals surface area contributed by atoms with Gasteiger partial charge in [0.1, 0.15) is 0 Å². The summed E-state index contributed by atoms with van der Waals surface area (Å²) in [6.07, 6.45) is 0.633. The van der Waals surface area contributed by atoms with Crippen molar-refractivity contribution in [3.8, 4) is 0 Å². The third-order valence-electron chi connectivity index (χ3n) is 3.34. The highest BCUT2D eigenvalue weighted by Crippen LogP contribution is 2.20. The Hall–Kier alpha value is -1.14. The topological polar surface area (TPSA) is 78.9 Å². The summed E-state index contributed by atoms with van der Waals surface area (Å²) in [7, 11) is 1.36. The quantitative estimate of drug-likeness (QED) is 0.667. The lowest BCUT2D eigenvalue weighted by Gasteiger charge is -2.37. The zero-order valence-corrected chi connectivity index (χ0v) is 11.9. The van der Waals surface area contributed by atoms with Crippen LogP contribution < -0.4 is 5.32 Å². The van der Waals surface area contributed by atoms with Gasteiger partial charge in [-0.3, -0.25) is 9.59 Å². The Balaban J connectivity index is 2.71. The Kier molecular flexibility index (Phi) is 6.24. The number of aliphatic hydroxyl groups excluding tert-OH is 1. The van der Waals surface area contributed by atoms with Crippen molar-refractivity contribution in [2.75, 3.05) is 33.4 Å². The van der Waals surface area contributed by atoms with Gasteiger partial charge in [0, 0.05) is 31.6 Å². The molecule has 19 heavy (non-hydrogen) atoms. The maximum absolute atomic E-state index is 12.1. The van der Waals surface area contributed by atoms with Crippen LogP contribution in [0.5, 0.6) is 0 Å². The van der Waals surface area contributed by atoms with E-state index in [9.17, 15) is 9.59 Å². The van der Waals surface area contributed by atoms with Crippen molar-refractivity contribution >= 4 is 11.9 Å². The number of hydrogen-bond donors (Lipinski definition) is 2. The number of nitrogens with one attached hydrogen (secondary N) is 1. The van der Waals surface area contributed by atoms with Crippen molar-refractivity contribution in [3.63, 3.8) is 0 Å². The fourth-order valence-electron chi connectivity index (χ4n) is 2.40. The van der Waals surface area contributed by atoms with Crippen LogP contribution in [-0.4, -0.2) is 61.3 Å². The first-order chi connectivity index (χ1) is 8.99. The number of rotatable bonds is 5. The van der Waals surface area contributed by atoms with Gasteiger partial charge in [-0.2, -0.15) is 0 Å². The van der Waals surface area contributed by atoms with E-state index in [1.165, 1.54) is 7.11 Å². The second-order valence-electron chi connectivity index (χ2n) is 5.23. The Morgan fingerprint density at radius 2 is 2.11 bits per heavy atom. The number of ether oxygens (including phenoxy) is 1. The summed E-state index contributed by atoms with van der Waals surface area (Å²) in [5.41, 5.74) is 0. The normalized spacial score (nSPS) is 23.5. The molecule has 0 saturated carbocycles. The number of hydrogen-bond acceptors (Lipinski definition) is 5. The van der Waals surface area contributed by atoms with Crippen molar-refractivity contribution in [1.82, 2.24) is 10.2 Å². The molecule has 110 valence electrons. The minimum Gasteiger partial charge on any atom is -0.469 e. The number of methoxy groups -OCH3 is 1. The van der Waals surface area contributed by atoms with E-state index >= 15 is 0 Å². The molecule has 0 spiro atoms. The summed E-state index contributed by atoms with van der Waals surface area (Å²) in [4.78, 5) is 25.5. The van der Waals surface area contributed by atoms with Crippen LogP contribution in [0.2, 0.25) is 0 Å². The second-order valence-corrected chi connectivity index (χ2v) is 5.23. The van der Waals surface area contributed by atoms with E-state index in [1.807, 2.05) is 13.8 Å². The predicted molar refractivity (Wildman–Crippen MR) is 70.4 cm³/mol. The number of carbonyl (C=O) groups is 2. The van der Waals surface area contributed by atoms with E-state index in [1.54, 1.807) is 4.90 Å². The van der Waals surface area contributed by atoms with Gasteiger partial charge < -0.3 is 20.1 Å². The third kappa shape index (κ3) is 4.47. The van der Waals surface area contributed by atoms with Crippen LogP contribution in [0.1, 0.15) is 20.3 Å². The fraction of sp³-hybridized carbons (Fsp3) is 0.846. The van der Waals surface area contributed by atoms with Gasteiger partial charge in [-0.25, -0.2) is 0 Å². The van der Waals surface area contributed by atoms with E-state index < -0.39 is 0 Å². The summed E-state index contributed by atoms with van der Waals surface area (Å²) in [5, 5.41) is 12.0. The fourth-order valence-corrected chi connectivity index (χ4v) is 2.40. The van der Waals surface area contributed by atoms with Gasteiger partial charge in [-0.1, -0.05) is 13.8 Å². The first-order valence-electron chi connectivity index (χ1n) is 6.70. The van der Waals surface area contributed by atoms with Gasteiger partial charge in [0.2, 0.25) is 5.91 Å². The van der Waals surface area contributed by atoms with E-state index in [-0.39, 0.29) is 36.4 Å². The van der Waals surface area contributed by atoms with Crippen LogP contribution in [0.4, 0.5) is 0 Å². The third-order valence-corrected chi connectivity index (χ3v) is 3.34. The first kappa shape index (κ1) is 15.9. The standard InChI is InChI=1S/C13H24N2O4/c1-9(2)12(17)15-7-10(13(18)19-3)6-11(8-15)14-4-5-16/h9-11,14,16H,4-8H2,1-3H3. The maximum atomic E-state index is 12.1. The second kappa shape index (κ2) is 7.45. The van der Waals surface area contributed by atoms with Crippen LogP contribution in [0.3, 0.4) is 0 Å². The Bertz CT molecular complexity index is 320. The summed E-state index contributed by atoms with van der Waals surface area (Å²) >= 11 is 0. The number of likely N-dealkylation sites (tertiary alicyclic amines) is 1. The summed E-state index contributed by atoms with van der Waals surface area (Å²) in [6, 6.07) is 0.0210. The number of carbonyl (C=O) groups excluding carboxylic acids is 2. The Morgan fingerprint density at radius 1 is 1.42 bits per heavy atom. The SMILES string of the molecule is COC(=O)C1CC(NCCO)CN(C(=O)C(C)C)C1. The van der Waals surface area contributed by atoms with E-state index in [2.05, 4.69) is 5.32 Å². The van der Waals surface area contributed by atoms with Crippen LogP contribution >= 0.6 is 0 Å². The first-order valence-corrected chi connectivity index (χ1v) is 6.70. The molecule has 6 heteroatoms. The molecule has 2 N–H and O–H groups in total. The van der Waals surface area contributed by atoms with Gasteiger partial charge in [-0.05, 0) is 6.42 Å². The smallest absolute Gasteiger partial charge is 0.310 e. The number of piperidine rings is 1. The van der Waals surface area contributed by atoms with Crippen molar-refractivity contribution in [3.05, 3.63) is 0 Å².